The lowest BCUT2D eigenvalue weighted by molar-refractivity contribution is -0.136. The monoisotopic (exact) mass is 593 g/mol. The van der Waals surface area contributed by atoms with E-state index in [0.29, 0.717) is 13.0 Å². The van der Waals surface area contributed by atoms with E-state index in [1.54, 1.807) is 4.90 Å². The molecule has 1 fully saturated rings. The number of hydrogen-bond acceptors (Lipinski definition) is 4. The molecule has 1 aliphatic rings. The van der Waals surface area contributed by atoms with E-state index in [2.05, 4.69) is 83.3 Å². The summed E-state index contributed by atoms with van der Waals surface area (Å²) >= 11 is 0. The van der Waals surface area contributed by atoms with Crippen molar-refractivity contribution in [2.24, 2.45) is 0 Å². The van der Waals surface area contributed by atoms with Gasteiger partial charge in [0.1, 0.15) is 6.04 Å². The van der Waals surface area contributed by atoms with Gasteiger partial charge in [-0.15, -0.1) is 0 Å². The molecule has 2 amide bonds. The summed E-state index contributed by atoms with van der Waals surface area (Å²) in [5, 5.41) is 4.22. The molecule has 1 aliphatic heterocycles. The molecular formula is C37H47N5O2. The Morgan fingerprint density at radius 3 is 2.18 bits per heavy atom. The Morgan fingerprint density at radius 2 is 1.52 bits per heavy atom. The molecule has 232 valence electrons. The summed E-state index contributed by atoms with van der Waals surface area (Å²) in [5.41, 5.74) is 8.56. The standard InChI is InChI=1S/C37H47N5O2/c1-5-28-21-27(22-29(6-2)32(28)7-3)25-40(4)37(44)35(23-30-24-38-34-16-12-11-15-33(30)34)39-36(43)26-41-17-19-42(20-18-41)31-13-9-8-10-14-31/h8-16,21-22,24,35,38H,5-7,17-20,23,25-26H2,1-4H3,(H,39,43). The van der Waals surface area contributed by atoms with Crippen molar-refractivity contribution < 1.29 is 9.59 Å². The minimum atomic E-state index is -0.663. The van der Waals surface area contributed by atoms with Crippen LogP contribution in [0.5, 0.6) is 0 Å². The minimum Gasteiger partial charge on any atom is -0.369 e. The van der Waals surface area contributed by atoms with Crippen LogP contribution < -0.4 is 10.2 Å². The van der Waals surface area contributed by atoms with Gasteiger partial charge in [-0.25, -0.2) is 0 Å². The molecule has 7 heteroatoms. The molecule has 5 rings (SSSR count). The summed E-state index contributed by atoms with van der Waals surface area (Å²) in [7, 11) is 1.85. The molecule has 1 saturated heterocycles. The lowest BCUT2D eigenvalue weighted by Crippen LogP contribution is -2.53. The van der Waals surface area contributed by atoms with Gasteiger partial charge in [0, 0.05) is 69.0 Å². The van der Waals surface area contributed by atoms with E-state index < -0.39 is 6.04 Å². The van der Waals surface area contributed by atoms with Crippen LogP contribution in [0.15, 0.2) is 72.9 Å². The van der Waals surface area contributed by atoms with Gasteiger partial charge in [-0.3, -0.25) is 14.5 Å². The number of carbonyl (C=O) groups is 2. The van der Waals surface area contributed by atoms with Gasteiger partial charge >= 0.3 is 0 Å². The molecule has 2 heterocycles. The Labute approximate surface area is 262 Å². The zero-order valence-electron chi connectivity index (χ0n) is 26.7. The smallest absolute Gasteiger partial charge is 0.245 e. The van der Waals surface area contributed by atoms with Crippen molar-refractivity contribution in [2.75, 3.05) is 44.7 Å². The van der Waals surface area contributed by atoms with Crippen LogP contribution >= 0.6 is 0 Å². The number of nitrogens with one attached hydrogen (secondary N) is 2. The van der Waals surface area contributed by atoms with E-state index in [4.69, 9.17) is 0 Å². The molecule has 1 unspecified atom stereocenters. The number of aryl methyl sites for hydroxylation is 2. The van der Waals surface area contributed by atoms with Crippen molar-refractivity contribution in [3.63, 3.8) is 0 Å². The number of aromatic nitrogens is 1. The van der Waals surface area contributed by atoms with Gasteiger partial charge in [-0.1, -0.05) is 69.3 Å². The number of para-hydroxylation sites is 2. The van der Waals surface area contributed by atoms with Crippen LogP contribution in [0.25, 0.3) is 10.9 Å². The molecule has 7 nitrogen and oxygen atoms in total. The zero-order valence-corrected chi connectivity index (χ0v) is 26.7. The van der Waals surface area contributed by atoms with Crippen LogP contribution in [-0.4, -0.2) is 72.4 Å². The SMILES string of the molecule is CCc1cc(CN(C)C(=O)C(Cc2c[nH]c3ccccc23)NC(=O)CN2CCN(c3ccccc3)CC2)cc(CC)c1CC. The molecule has 0 radical (unpaired) electrons. The molecule has 2 N–H and O–H groups in total. The minimum absolute atomic E-state index is 0.0757. The molecule has 0 aliphatic carbocycles. The summed E-state index contributed by atoms with van der Waals surface area (Å²) in [5.74, 6) is -0.188. The van der Waals surface area contributed by atoms with E-state index in [-0.39, 0.29) is 18.4 Å². The third kappa shape index (κ3) is 7.33. The first-order valence-electron chi connectivity index (χ1n) is 16.1. The number of anilines is 1. The fourth-order valence-corrected chi connectivity index (χ4v) is 6.63. The fourth-order valence-electron chi connectivity index (χ4n) is 6.63. The van der Waals surface area contributed by atoms with E-state index in [9.17, 15) is 9.59 Å². The van der Waals surface area contributed by atoms with Gasteiger partial charge in [0.15, 0.2) is 0 Å². The molecule has 1 atom stereocenters. The van der Waals surface area contributed by atoms with E-state index in [1.807, 2.05) is 37.5 Å². The van der Waals surface area contributed by atoms with Crippen molar-refractivity contribution in [3.05, 3.63) is 101 Å². The van der Waals surface area contributed by atoms with Crippen molar-refractivity contribution >= 4 is 28.4 Å². The molecule has 0 bridgehead atoms. The fraction of sp³-hybridized carbons (Fsp3) is 0.405. The number of aromatic amines is 1. The predicted octanol–water partition coefficient (Wildman–Crippen LogP) is 5.36. The highest BCUT2D eigenvalue weighted by atomic mass is 16.2. The summed E-state index contributed by atoms with van der Waals surface area (Å²) < 4.78 is 0. The maximum absolute atomic E-state index is 14.1. The van der Waals surface area contributed by atoms with Gasteiger partial charge in [0.25, 0.3) is 0 Å². The number of nitrogens with zero attached hydrogens (tertiary/aromatic N) is 3. The summed E-state index contributed by atoms with van der Waals surface area (Å²) in [6, 6.07) is 22.4. The van der Waals surface area contributed by atoms with Gasteiger partial charge in [-0.05, 0) is 65.3 Å². The van der Waals surface area contributed by atoms with Gasteiger partial charge in [0.05, 0.1) is 6.54 Å². The molecular weight excluding hydrogens is 546 g/mol. The second-order valence-electron chi connectivity index (χ2n) is 11.9. The topological polar surface area (TPSA) is 71.7 Å². The number of H-pyrrole nitrogens is 1. The lowest BCUT2D eigenvalue weighted by atomic mass is 9.92. The Kier molecular flexibility index (Phi) is 10.4. The zero-order chi connectivity index (χ0) is 31.1. The molecule has 0 spiro atoms. The van der Waals surface area contributed by atoms with Gasteiger partial charge in [0.2, 0.25) is 11.8 Å². The quantitative estimate of drug-likeness (QED) is 0.232. The van der Waals surface area contributed by atoms with Crippen LogP contribution in [0, 0.1) is 0 Å². The van der Waals surface area contributed by atoms with Crippen molar-refractivity contribution in [1.82, 2.24) is 20.1 Å². The predicted molar refractivity (Wildman–Crippen MR) is 180 cm³/mol. The Hall–Kier alpha value is -4.10. The van der Waals surface area contributed by atoms with Crippen molar-refractivity contribution in [1.29, 1.82) is 0 Å². The van der Waals surface area contributed by atoms with Crippen LogP contribution in [-0.2, 0) is 41.8 Å². The molecule has 0 saturated carbocycles. The summed E-state index contributed by atoms with van der Waals surface area (Å²) in [4.78, 5) is 37.1. The average molecular weight is 594 g/mol. The van der Waals surface area contributed by atoms with Gasteiger partial charge < -0.3 is 20.1 Å². The Balaban J connectivity index is 1.29. The van der Waals surface area contributed by atoms with Crippen LogP contribution in [0.4, 0.5) is 5.69 Å². The maximum Gasteiger partial charge on any atom is 0.245 e. The highest BCUT2D eigenvalue weighted by Crippen LogP contribution is 2.23. The van der Waals surface area contributed by atoms with E-state index in [0.717, 1.165) is 67.5 Å². The first-order chi connectivity index (χ1) is 21.4. The molecule has 1 aromatic heterocycles. The number of likely N-dealkylation sites (N-methyl/N-ethyl adjacent to an activating group) is 1. The first kappa shape index (κ1) is 31.3. The molecule has 44 heavy (non-hydrogen) atoms. The van der Waals surface area contributed by atoms with Gasteiger partial charge in [-0.2, -0.15) is 0 Å². The first-order valence-corrected chi connectivity index (χ1v) is 16.1. The second-order valence-corrected chi connectivity index (χ2v) is 11.9. The van der Waals surface area contributed by atoms with Crippen molar-refractivity contribution in [2.45, 2.75) is 59.0 Å². The Morgan fingerprint density at radius 1 is 0.864 bits per heavy atom. The van der Waals surface area contributed by atoms with Crippen LogP contribution in [0.3, 0.4) is 0 Å². The average Bonchev–Trinajstić information content (AvgIpc) is 3.46. The molecule has 4 aromatic rings. The number of carbonyl (C=O) groups excluding carboxylic acids is 2. The van der Waals surface area contributed by atoms with Crippen LogP contribution in [0.2, 0.25) is 0 Å². The number of piperazine rings is 1. The number of rotatable bonds is 12. The second kappa shape index (κ2) is 14.6. The number of fused-ring (bicyclic) bond motifs is 1. The maximum atomic E-state index is 14.1. The molecule has 3 aromatic carbocycles. The number of hydrogen-bond donors (Lipinski definition) is 2. The number of amides is 2. The van der Waals surface area contributed by atoms with Crippen molar-refractivity contribution in [3.8, 4) is 0 Å². The van der Waals surface area contributed by atoms with E-state index in [1.165, 1.54) is 22.4 Å². The Bertz CT molecular complexity index is 1530. The third-order valence-corrected chi connectivity index (χ3v) is 9.00. The summed E-state index contributed by atoms with van der Waals surface area (Å²) in [6.07, 6.45) is 5.35. The van der Waals surface area contributed by atoms with E-state index >= 15 is 0 Å². The largest absolute Gasteiger partial charge is 0.369 e. The normalized spacial score (nSPS) is 14.5. The highest BCUT2D eigenvalue weighted by Gasteiger charge is 2.27. The summed E-state index contributed by atoms with van der Waals surface area (Å²) in [6.45, 7) is 10.7. The third-order valence-electron chi connectivity index (χ3n) is 9.00. The lowest BCUT2D eigenvalue weighted by Gasteiger charge is -2.36. The number of benzene rings is 3. The highest BCUT2D eigenvalue weighted by molar-refractivity contribution is 5.90. The van der Waals surface area contributed by atoms with Crippen LogP contribution in [0.1, 0.15) is 48.6 Å².